The van der Waals surface area contributed by atoms with E-state index in [-0.39, 0.29) is 0 Å². The molecule has 0 amide bonds. The van der Waals surface area contributed by atoms with Crippen LogP contribution in [0.3, 0.4) is 0 Å². The van der Waals surface area contributed by atoms with Crippen molar-refractivity contribution >= 4 is 5.69 Å². The SMILES string of the molecule is CC(C)=CCN1CCC(Nc2cccc(C)c2C#N)CC1. The predicted molar refractivity (Wildman–Crippen MR) is 88.4 cm³/mol. The Labute approximate surface area is 128 Å². The molecule has 0 aliphatic carbocycles. The van der Waals surface area contributed by atoms with Crippen molar-refractivity contribution in [2.45, 2.75) is 39.7 Å². The van der Waals surface area contributed by atoms with Crippen LogP contribution in [0, 0.1) is 18.3 Å². The van der Waals surface area contributed by atoms with Gasteiger partial charge in [-0.25, -0.2) is 0 Å². The Morgan fingerprint density at radius 3 is 2.71 bits per heavy atom. The maximum absolute atomic E-state index is 9.29. The van der Waals surface area contributed by atoms with Crippen LogP contribution in [-0.2, 0) is 0 Å². The third-order valence-corrected chi connectivity index (χ3v) is 4.09. The molecule has 0 aromatic heterocycles. The first-order valence-corrected chi connectivity index (χ1v) is 7.72. The van der Waals surface area contributed by atoms with E-state index < -0.39 is 0 Å². The molecule has 0 atom stereocenters. The highest BCUT2D eigenvalue weighted by Crippen LogP contribution is 2.22. The first-order chi connectivity index (χ1) is 10.1. The average molecular weight is 283 g/mol. The summed E-state index contributed by atoms with van der Waals surface area (Å²) in [5.74, 6) is 0. The fourth-order valence-electron chi connectivity index (χ4n) is 2.73. The summed E-state index contributed by atoms with van der Waals surface area (Å²) >= 11 is 0. The van der Waals surface area contributed by atoms with E-state index in [0.717, 1.165) is 49.3 Å². The van der Waals surface area contributed by atoms with E-state index in [9.17, 15) is 5.26 Å². The van der Waals surface area contributed by atoms with Crippen LogP contribution in [0.15, 0.2) is 29.8 Å². The van der Waals surface area contributed by atoms with E-state index in [1.807, 2.05) is 25.1 Å². The van der Waals surface area contributed by atoms with E-state index >= 15 is 0 Å². The lowest BCUT2D eigenvalue weighted by atomic mass is 10.0. The third kappa shape index (κ3) is 4.34. The standard InChI is InChI=1S/C18H25N3/c1-14(2)7-10-21-11-8-16(9-12-21)20-18-6-4-5-15(3)17(18)13-19/h4-7,16,20H,8-12H2,1-3H3. The maximum Gasteiger partial charge on any atom is 0.102 e. The lowest BCUT2D eigenvalue weighted by Crippen LogP contribution is -2.39. The van der Waals surface area contributed by atoms with Gasteiger partial charge in [0.15, 0.2) is 0 Å². The topological polar surface area (TPSA) is 39.1 Å². The van der Waals surface area contributed by atoms with E-state index in [2.05, 4.69) is 36.2 Å². The van der Waals surface area contributed by atoms with Crippen LogP contribution in [-0.4, -0.2) is 30.6 Å². The Kier molecular flexibility index (Phi) is 5.41. The quantitative estimate of drug-likeness (QED) is 0.856. The summed E-state index contributed by atoms with van der Waals surface area (Å²) in [4.78, 5) is 2.49. The normalized spacial score (nSPS) is 16.3. The molecule has 0 radical (unpaired) electrons. The van der Waals surface area contributed by atoms with Crippen molar-refractivity contribution in [2.75, 3.05) is 25.0 Å². The number of allylic oxidation sites excluding steroid dienone is 1. The van der Waals surface area contributed by atoms with Gasteiger partial charge in [-0.3, -0.25) is 4.90 Å². The molecule has 1 aromatic rings. The van der Waals surface area contributed by atoms with Crippen LogP contribution < -0.4 is 5.32 Å². The third-order valence-electron chi connectivity index (χ3n) is 4.09. The Balaban J connectivity index is 1.91. The van der Waals surface area contributed by atoms with Gasteiger partial charge in [-0.1, -0.05) is 23.8 Å². The molecule has 3 heteroatoms. The molecule has 1 saturated heterocycles. The number of aryl methyl sites for hydroxylation is 1. The number of hydrogen-bond acceptors (Lipinski definition) is 3. The second-order valence-corrected chi connectivity index (χ2v) is 6.11. The number of piperidine rings is 1. The Morgan fingerprint density at radius 2 is 2.10 bits per heavy atom. The van der Waals surface area contributed by atoms with E-state index in [4.69, 9.17) is 0 Å². The van der Waals surface area contributed by atoms with Crippen LogP contribution in [0.2, 0.25) is 0 Å². The van der Waals surface area contributed by atoms with Gasteiger partial charge in [0.1, 0.15) is 6.07 Å². The van der Waals surface area contributed by atoms with Gasteiger partial charge in [0.2, 0.25) is 0 Å². The van der Waals surface area contributed by atoms with Gasteiger partial charge in [0.05, 0.1) is 11.3 Å². The van der Waals surface area contributed by atoms with Gasteiger partial charge in [-0.2, -0.15) is 5.26 Å². The molecule has 1 aliphatic heterocycles. The van der Waals surface area contributed by atoms with Gasteiger partial charge in [-0.05, 0) is 45.2 Å². The minimum absolute atomic E-state index is 0.474. The smallest absolute Gasteiger partial charge is 0.102 e. The van der Waals surface area contributed by atoms with Crippen molar-refractivity contribution in [3.63, 3.8) is 0 Å². The summed E-state index contributed by atoms with van der Waals surface area (Å²) < 4.78 is 0. The number of nitrogens with zero attached hydrogens (tertiary/aromatic N) is 2. The fourth-order valence-corrected chi connectivity index (χ4v) is 2.73. The van der Waals surface area contributed by atoms with Gasteiger partial charge in [0, 0.05) is 25.7 Å². The van der Waals surface area contributed by atoms with Crippen LogP contribution in [0.25, 0.3) is 0 Å². The van der Waals surface area contributed by atoms with Crippen molar-refractivity contribution in [1.29, 1.82) is 5.26 Å². The van der Waals surface area contributed by atoms with Crippen LogP contribution >= 0.6 is 0 Å². The van der Waals surface area contributed by atoms with Crippen molar-refractivity contribution in [2.24, 2.45) is 0 Å². The lowest BCUT2D eigenvalue weighted by Gasteiger charge is -2.32. The molecule has 0 unspecified atom stereocenters. The van der Waals surface area contributed by atoms with Crippen molar-refractivity contribution in [3.8, 4) is 6.07 Å². The molecule has 1 heterocycles. The highest BCUT2D eigenvalue weighted by atomic mass is 15.1. The molecule has 0 spiro atoms. The molecule has 1 fully saturated rings. The monoisotopic (exact) mass is 283 g/mol. The van der Waals surface area contributed by atoms with E-state index in [1.54, 1.807) is 0 Å². The van der Waals surface area contributed by atoms with Gasteiger partial charge in [-0.15, -0.1) is 0 Å². The van der Waals surface area contributed by atoms with Crippen LogP contribution in [0.5, 0.6) is 0 Å². The molecule has 2 rings (SSSR count). The van der Waals surface area contributed by atoms with Crippen LogP contribution in [0.4, 0.5) is 5.69 Å². The zero-order chi connectivity index (χ0) is 15.2. The number of rotatable bonds is 4. The molecule has 0 saturated carbocycles. The molecule has 0 bridgehead atoms. The first-order valence-electron chi connectivity index (χ1n) is 7.72. The highest BCUT2D eigenvalue weighted by molar-refractivity contribution is 5.61. The second kappa shape index (κ2) is 7.28. The Hall–Kier alpha value is -1.79. The number of nitrogens with one attached hydrogen (secondary N) is 1. The molecule has 3 nitrogen and oxygen atoms in total. The fraction of sp³-hybridized carbons (Fsp3) is 0.500. The minimum Gasteiger partial charge on any atom is -0.381 e. The van der Waals surface area contributed by atoms with Gasteiger partial charge >= 0.3 is 0 Å². The largest absolute Gasteiger partial charge is 0.381 e. The molecule has 21 heavy (non-hydrogen) atoms. The van der Waals surface area contributed by atoms with E-state index in [0.29, 0.717) is 6.04 Å². The summed E-state index contributed by atoms with van der Waals surface area (Å²) in [7, 11) is 0. The molecule has 1 N–H and O–H groups in total. The lowest BCUT2D eigenvalue weighted by molar-refractivity contribution is 0.240. The average Bonchev–Trinajstić information content (AvgIpc) is 2.47. The molecule has 1 aliphatic rings. The van der Waals surface area contributed by atoms with Gasteiger partial charge < -0.3 is 5.32 Å². The second-order valence-electron chi connectivity index (χ2n) is 6.11. The summed E-state index contributed by atoms with van der Waals surface area (Å²) in [6, 6.07) is 8.81. The molecular weight excluding hydrogens is 258 g/mol. The van der Waals surface area contributed by atoms with Crippen molar-refractivity contribution in [3.05, 3.63) is 41.0 Å². The number of likely N-dealkylation sites (tertiary alicyclic amines) is 1. The first kappa shape index (κ1) is 15.6. The number of nitriles is 1. The molecule has 1 aromatic carbocycles. The highest BCUT2D eigenvalue weighted by Gasteiger charge is 2.19. The number of hydrogen-bond donors (Lipinski definition) is 1. The Morgan fingerprint density at radius 1 is 1.38 bits per heavy atom. The van der Waals surface area contributed by atoms with Crippen molar-refractivity contribution in [1.82, 2.24) is 4.90 Å². The van der Waals surface area contributed by atoms with Crippen molar-refractivity contribution < 1.29 is 0 Å². The number of anilines is 1. The van der Waals surface area contributed by atoms with Crippen LogP contribution in [0.1, 0.15) is 37.8 Å². The summed E-state index contributed by atoms with van der Waals surface area (Å²) in [6.07, 6.45) is 4.56. The molecule has 112 valence electrons. The summed E-state index contributed by atoms with van der Waals surface area (Å²) in [5, 5.41) is 12.9. The predicted octanol–water partition coefficient (Wildman–Crippen LogP) is 3.71. The summed E-state index contributed by atoms with van der Waals surface area (Å²) in [6.45, 7) is 9.59. The zero-order valence-electron chi connectivity index (χ0n) is 13.3. The van der Waals surface area contributed by atoms with E-state index in [1.165, 1.54) is 5.57 Å². The Bertz CT molecular complexity index is 542. The van der Waals surface area contributed by atoms with Gasteiger partial charge in [0.25, 0.3) is 0 Å². The maximum atomic E-state index is 9.29. The zero-order valence-corrected chi connectivity index (χ0v) is 13.3. The summed E-state index contributed by atoms with van der Waals surface area (Å²) in [5.41, 5.74) is 4.20. The minimum atomic E-state index is 0.474. The number of benzene rings is 1. The molecular formula is C18H25N3.